The summed E-state index contributed by atoms with van der Waals surface area (Å²) in [7, 11) is 0. The van der Waals surface area contributed by atoms with Crippen molar-refractivity contribution in [3.63, 3.8) is 0 Å². The van der Waals surface area contributed by atoms with E-state index < -0.39 is 0 Å². The van der Waals surface area contributed by atoms with Gasteiger partial charge in [-0.2, -0.15) is 5.10 Å². The molecule has 20 heavy (non-hydrogen) atoms. The van der Waals surface area contributed by atoms with E-state index in [0.717, 1.165) is 12.3 Å². The normalized spacial score (nSPS) is 26.8. The number of fused-ring (bicyclic) bond motifs is 1. The molecule has 0 saturated heterocycles. The molecule has 104 valence electrons. The Kier molecular flexibility index (Phi) is 3.16. The quantitative estimate of drug-likeness (QED) is 0.677. The Hall–Kier alpha value is -1.97. The highest BCUT2D eigenvalue weighted by molar-refractivity contribution is 5.94. The number of hydrazone groups is 1. The number of rotatable bonds is 3. The first-order chi connectivity index (χ1) is 9.59. The van der Waals surface area contributed by atoms with Crippen LogP contribution in [-0.4, -0.2) is 17.1 Å². The molecule has 1 fully saturated rings. The highest BCUT2D eigenvalue weighted by Crippen LogP contribution is 2.58. The van der Waals surface area contributed by atoms with Gasteiger partial charge in [0.25, 0.3) is 5.91 Å². The second-order valence-electron chi connectivity index (χ2n) is 6.19. The van der Waals surface area contributed by atoms with Crippen molar-refractivity contribution >= 4 is 12.1 Å². The maximum Gasteiger partial charge on any atom is 0.272 e. The van der Waals surface area contributed by atoms with Crippen LogP contribution in [0.15, 0.2) is 41.3 Å². The van der Waals surface area contributed by atoms with E-state index in [2.05, 4.69) is 35.4 Å². The molecule has 0 unspecified atom stereocenters. The van der Waals surface area contributed by atoms with Gasteiger partial charge >= 0.3 is 0 Å². The second-order valence-corrected chi connectivity index (χ2v) is 6.19. The van der Waals surface area contributed by atoms with Gasteiger partial charge in [0.1, 0.15) is 0 Å². The van der Waals surface area contributed by atoms with Crippen LogP contribution in [0.4, 0.5) is 0 Å². The van der Waals surface area contributed by atoms with E-state index in [9.17, 15) is 4.79 Å². The van der Waals surface area contributed by atoms with Crippen LogP contribution < -0.4 is 5.43 Å². The van der Waals surface area contributed by atoms with Crippen molar-refractivity contribution in [2.75, 3.05) is 0 Å². The van der Waals surface area contributed by atoms with E-state index in [0.29, 0.717) is 16.9 Å². The number of aromatic nitrogens is 1. The number of pyridine rings is 1. The Balaban J connectivity index is 1.62. The van der Waals surface area contributed by atoms with E-state index in [1.165, 1.54) is 18.2 Å². The zero-order chi connectivity index (χ0) is 14.2. The fourth-order valence-electron chi connectivity index (χ4n) is 3.27. The van der Waals surface area contributed by atoms with Crippen LogP contribution >= 0.6 is 0 Å². The molecule has 1 aromatic rings. The van der Waals surface area contributed by atoms with Gasteiger partial charge in [-0.1, -0.05) is 19.9 Å². The molecular weight excluding hydrogens is 250 g/mol. The summed E-state index contributed by atoms with van der Waals surface area (Å²) in [5.74, 6) is 1.17. The predicted octanol–water partition coefficient (Wildman–Crippen LogP) is 2.79. The molecule has 1 N–H and O–H groups in total. The van der Waals surface area contributed by atoms with Gasteiger partial charge in [-0.05, 0) is 47.8 Å². The monoisotopic (exact) mass is 269 g/mol. The molecule has 4 heteroatoms. The molecule has 3 aliphatic rings. The summed E-state index contributed by atoms with van der Waals surface area (Å²) in [4.78, 5) is 15.7. The summed E-state index contributed by atoms with van der Waals surface area (Å²) < 4.78 is 0. The number of allylic oxidation sites excluding steroid dienone is 2. The van der Waals surface area contributed by atoms with Crippen molar-refractivity contribution in [2.45, 2.75) is 26.7 Å². The Labute approximate surface area is 119 Å². The molecule has 2 bridgehead atoms. The molecule has 1 aromatic heterocycles. The summed E-state index contributed by atoms with van der Waals surface area (Å²) in [5.41, 5.74) is 4.71. The number of amides is 1. The average molecular weight is 269 g/mol. The van der Waals surface area contributed by atoms with E-state index in [1.807, 2.05) is 0 Å². The van der Waals surface area contributed by atoms with Gasteiger partial charge in [0.15, 0.2) is 0 Å². The van der Waals surface area contributed by atoms with Crippen LogP contribution in [0.5, 0.6) is 0 Å². The minimum atomic E-state index is -0.225. The minimum Gasteiger partial charge on any atom is -0.267 e. The number of hydrogen-bond acceptors (Lipinski definition) is 3. The molecule has 4 nitrogen and oxygen atoms in total. The van der Waals surface area contributed by atoms with E-state index in [1.54, 1.807) is 24.5 Å². The summed E-state index contributed by atoms with van der Waals surface area (Å²) in [6.45, 7) is 4.64. The first-order valence-electron chi connectivity index (χ1n) is 7.02. The van der Waals surface area contributed by atoms with Crippen LogP contribution in [0.1, 0.15) is 37.0 Å². The third-order valence-corrected chi connectivity index (χ3v) is 4.81. The molecule has 3 aliphatic carbocycles. The van der Waals surface area contributed by atoms with Crippen molar-refractivity contribution in [3.05, 3.63) is 41.7 Å². The molecule has 0 radical (unpaired) electrons. The number of carbonyl (C=O) groups is 1. The van der Waals surface area contributed by atoms with Crippen LogP contribution in [0.2, 0.25) is 0 Å². The van der Waals surface area contributed by atoms with Gasteiger partial charge in [0.2, 0.25) is 0 Å². The van der Waals surface area contributed by atoms with E-state index >= 15 is 0 Å². The van der Waals surface area contributed by atoms with Gasteiger partial charge in [0, 0.05) is 12.4 Å². The SMILES string of the molecule is CC1(C)[C@H]2CC=C(/C=N\NC(=O)c3cccnc3)[C@@H]1C2. The molecule has 1 saturated carbocycles. The van der Waals surface area contributed by atoms with Crippen molar-refractivity contribution in [2.24, 2.45) is 22.4 Å². The number of nitrogens with one attached hydrogen (secondary N) is 1. The molecular formula is C16H19N3O. The Morgan fingerprint density at radius 3 is 3.05 bits per heavy atom. The summed E-state index contributed by atoms with van der Waals surface area (Å²) in [5, 5.41) is 4.09. The molecule has 4 rings (SSSR count). The van der Waals surface area contributed by atoms with Gasteiger partial charge in [-0.25, -0.2) is 5.43 Å². The molecule has 2 atom stereocenters. The maximum absolute atomic E-state index is 11.8. The summed E-state index contributed by atoms with van der Waals surface area (Å²) in [6.07, 6.45) is 9.61. The predicted molar refractivity (Wildman–Crippen MR) is 78.3 cm³/mol. The molecule has 0 aliphatic heterocycles. The average Bonchev–Trinajstić information content (AvgIpc) is 2.48. The summed E-state index contributed by atoms with van der Waals surface area (Å²) in [6, 6.07) is 3.46. The summed E-state index contributed by atoms with van der Waals surface area (Å²) >= 11 is 0. The molecule has 0 spiro atoms. The van der Waals surface area contributed by atoms with Crippen LogP contribution in [0.3, 0.4) is 0 Å². The molecule has 1 heterocycles. The van der Waals surface area contributed by atoms with Crippen LogP contribution in [0, 0.1) is 17.3 Å². The first-order valence-corrected chi connectivity index (χ1v) is 7.02. The maximum atomic E-state index is 11.8. The topological polar surface area (TPSA) is 54.4 Å². The van der Waals surface area contributed by atoms with Gasteiger partial charge in [-0.3, -0.25) is 9.78 Å². The van der Waals surface area contributed by atoms with Crippen molar-refractivity contribution in [3.8, 4) is 0 Å². The number of carbonyl (C=O) groups excluding carboxylic acids is 1. The standard InChI is InChI=1S/C16H19N3O/c1-16(2)13-6-5-11(14(16)8-13)10-18-19-15(20)12-4-3-7-17-9-12/h3-5,7,9-10,13-14H,6,8H2,1-2H3,(H,19,20)/b18-10-/t13-,14-/m0/s1. The van der Waals surface area contributed by atoms with E-state index in [-0.39, 0.29) is 5.91 Å². The van der Waals surface area contributed by atoms with Gasteiger partial charge < -0.3 is 0 Å². The highest BCUT2D eigenvalue weighted by atomic mass is 16.2. The lowest BCUT2D eigenvalue weighted by Crippen LogP contribution is -2.48. The lowest BCUT2D eigenvalue weighted by molar-refractivity contribution is -0.00126. The Morgan fingerprint density at radius 1 is 1.55 bits per heavy atom. The number of nitrogens with zero attached hydrogens (tertiary/aromatic N) is 2. The minimum absolute atomic E-state index is 0.225. The first kappa shape index (κ1) is 13.0. The molecule has 1 amide bonds. The Morgan fingerprint density at radius 2 is 2.40 bits per heavy atom. The van der Waals surface area contributed by atoms with Gasteiger partial charge in [0.05, 0.1) is 11.8 Å². The van der Waals surface area contributed by atoms with Crippen LogP contribution in [-0.2, 0) is 0 Å². The highest BCUT2D eigenvalue weighted by Gasteiger charge is 2.50. The molecule has 0 aromatic carbocycles. The van der Waals surface area contributed by atoms with Crippen molar-refractivity contribution in [1.29, 1.82) is 0 Å². The smallest absolute Gasteiger partial charge is 0.267 e. The third kappa shape index (κ3) is 2.15. The van der Waals surface area contributed by atoms with Crippen LogP contribution in [0.25, 0.3) is 0 Å². The van der Waals surface area contributed by atoms with Crippen molar-refractivity contribution < 1.29 is 4.79 Å². The Bertz CT molecular complexity index is 575. The fourth-order valence-corrected chi connectivity index (χ4v) is 3.27. The second kappa shape index (κ2) is 4.85. The lowest BCUT2D eigenvalue weighted by atomic mass is 9.49. The fraction of sp³-hybridized carbons (Fsp3) is 0.438. The largest absolute Gasteiger partial charge is 0.272 e. The van der Waals surface area contributed by atoms with Crippen molar-refractivity contribution in [1.82, 2.24) is 10.4 Å². The van der Waals surface area contributed by atoms with Gasteiger partial charge in [-0.15, -0.1) is 0 Å². The van der Waals surface area contributed by atoms with E-state index in [4.69, 9.17) is 0 Å². The zero-order valence-corrected chi connectivity index (χ0v) is 11.8. The zero-order valence-electron chi connectivity index (χ0n) is 11.8. The number of hydrogen-bond donors (Lipinski definition) is 1. The third-order valence-electron chi connectivity index (χ3n) is 4.81. The lowest BCUT2D eigenvalue weighted by Gasteiger charge is -2.55.